The van der Waals surface area contributed by atoms with E-state index in [1.54, 1.807) is 0 Å². The first-order valence-corrected chi connectivity index (χ1v) is 13.8. The number of sulfonamides is 1. The molecule has 5 aliphatic rings. The van der Waals surface area contributed by atoms with Gasteiger partial charge in [-0.1, -0.05) is 48.5 Å². The Morgan fingerprint density at radius 2 is 1.55 bits per heavy atom. The standard InChI is InChI=1S/C26H30N2O4S/c1-33(30,31)28-26-12-16-10-17(13-26)24(18(11-16)14-26)27-25(29)32-15-23-21-8-4-2-6-19(21)20-7-3-5-9-22(20)23/h2-9,16-18,23-24,28H,10-15H2,1H3,(H,27,29)/t16?,17-,18+,24?,26?. The number of benzene rings is 2. The molecule has 7 rings (SSSR count). The molecule has 0 saturated heterocycles. The van der Waals surface area contributed by atoms with Crippen molar-refractivity contribution in [3.05, 3.63) is 59.7 Å². The smallest absolute Gasteiger partial charge is 0.407 e. The van der Waals surface area contributed by atoms with Crippen molar-refractivity contribution in [3.63, 3.8) is 0 Å². The zero-order chi connectivity index (χ0) is 22.8. The third-order valence-corrected chi connectivity index (χ3v) is 9.11. The molecule has 2 N–H and O–H groups in total. The van der Waals surface area contributed by atoms with Crippen molar-refractivity contribution in [2.45, 2.75) is 49.6 Å². The predicted molar refractivity (Wildman–Crippen MR) is 126 cm³/mol. The molecule has 4 fully saturated rings. The molecule has 0 aliphatic heterocycles. The Morgan fingerprint density at radius 1 is 0.970 bits per heavy atom. The number of carbonyl (C=O) groups is 1. The first kappa shape index (κ1) is 21.2. The van der Waals surface area contributed by atoms with Crippen molar-refractivity contribution >= 4 is 16.1 Å². The number of hydrogen-bond donors (Lipinski definition) is 2. The molecule has 0 radical (unpaired) electrons. The highest BCUT2D eigenvalue weighted by molar-refractivity contribution is 7.88. The molecule has 1 amide bonds. The number of alkyl carbamates (subject to hydrolysis) is 1. The maximum atomic E-state index is 12.9. The van der Waals surface area contributed by atoms with E-state index in [-0.39, 0.29) is 23.6 Å². The SMILES string of the molecule is CS(=O)(=O)NC12CC3C[C@H](C1)C(NC(=O)OCC1c4ccccc4-c4ccccc41)[C@@H](C3)C2. The molecule has 174 valence electrons. The van der Waals surface area contributed by atoms with Gasteiger partial charge in [-0.3, -0.25) is 0 Å². The summed E-state index contributed by atoms with van der Waals surface area (Å²) < 4.78 is 32.7. The number of hydrogen-bond acceptors (Lipinski definition) is 4. The average Bonchev–Trinajstić information content (AvgIpc) is 3.06. The predicted octanol–water partition coefficient (Wildman–Crippen LogP) is 4.02. The monoisotopic (exact) mass is 466 g/mol. The molecule has 2 aromatic carbocycles. The van der Waals surface area contributed by atoms with Crippen LogP contribution in [-0.2, 0) is 14.8 Å². The fourth-order valence-corrected chi connectivity index (χ4v) is 8.59. The quantitative estimate of drug-likeness (QED) is 0.697. The van der Waals surface area contributed by atoms with Crippen molar-refractivity contribution in [1.29, 1.82) is 0 Å². The lowest BCUT2D eigenvalue weighted by Crippen LogP contribution is -2.66. The summed E-state index contributed by atoms with van der Waals surface area (Å²) >= 11 is 0. The van der Waals surface area contributed by atoms with Crippen LogP contribution < -0.4 is 10.0 Å². The summed E-state index contributed by atoms with van der Waals surface area (Å²) in [6, 6.07) is 16.7. The first-order chi connectivity index (χ1) is 15.8. The summed E-state index contributed by atoms with van der Waals surface area (Å²) in [4.78, 5) is 12.9. The van der Waals surface area contributed by atoms with Gasteiger partial charge in [0.05, 0.1) is 6.26 Å². The van der Waals surface area contributed by atoms with E-state index in [4.69, 9.17) is 4.74 Å². The van der Waals surface area contributed by atoms with Crippen molar-refractivity contribution in [2.75, 3.05) is 12.9 Å². The number of nitrogens with one attached hydrogen (secondary N) is 2. The molecule has 0 aromatic heterocycles. The molecule has 5 aliphatic carbocycles. The summed E-state index contributed by atoms with van der Waals surface area (Å²) in [6.07, 6.45) is 5.50. The van der Waals surface area contributed by atoms with Crippen LogP contribution in [0.4, 0.5) is 4.79 Å². The molecule has 2 aromatic rings. The highest BCUT2D eigenvalue weighted by Gasteiger charge is 2.56. The Hall–Kier alpha value is -2.38. The van der Waals surface area contributed by atoms with Gasteiger partial charge in [0.15, 0.2) is 0 Å². The minimum Gasteiger partial charge on any atom is -0.449 e. The van der Waals surface area contributed by atoms with Crippen LogP contribution in [0.3, 0.4) is 0 Å². The maximum Gasteiger partial charge on any atom is 0.407 e. The normalized spacial score (nSPS) is 31.8. The van der Waals surface area contributed by atoms with E-state index in [0.717, 1.165) is 32.1 Å². The topological polar surface area (TPSA) is 84.5 Å². The van der Waals surface area contributed by atoms with Crippen LogP contribution in [0, 0.1) is 17.8 Å². The fourth-order valence-electron chi connectivity index (χ4n) is 7.55. The second-order valence-electron chi connectivity index (χ2n) is 10.6. The zero-order valence-electron chi connectivity index (χ0n) is 18.8. The third-order valence-electron chi connectivity index (χ3n) is 8.30. The molecule has 3 unspecified atom stereocenters. The van der Waals surface area contributed by atoms with Crippen molar-refractivity contribution in [2.24, 2.45) is 17.8 Å². The first-order valence-electron chi connectivity index (χ1n) is 11.9. The minimum absolute atomic E-state index is 0.0453. The van der Waals surface area contributed by atoms with Crippen LogP contribution in [0.25, 0.3) is 11.1 Å². The minimum atomic E-state index is -3.26. The lowest BCUT2D eigenvalue weighted by atomic mass is 9.51. The highest BCUT2D eigenvalue weighted by Crippen LogP contribution is 2.56. The number of amides is 1. The molecular formula is C26H30N2O4S. The lowest BCUT2D eigenvalue weighted by molar-refractivity contribution is -0.0363. The molecular weight excluding hydrogens is 436 g/mol. The van der Waals surface area contributed by atoms with Crippen LogP contribution >= 0.6 is 0 Å². The van der Waals surface area contributed by atoms with Crippen molar-refractivity contribution < 1.29 is 17.9 Å². The molecule has 5 atom stereocenters. The number of fused-ring (bicyclic) bond motifs is 3. The Balaban J connectivity index is 1.13. The Morgan fingerprint density at radius 3 is 2.12 bits per heavy atom. The molecule has 4 bridgehead atoms. The molecule has 33 heavy (non-hydrogen) atoms. The van der Waals surface area contributed by atoms with Gasteiger partial charge in [0.1, 0.15) is 6.61 Å². The van der Waals surface area contributed by atoms with Gasteiger partial charge in [-0.2, -0.15) is 0 Å². The molecule has 0 heterocycles. The maximum absolute atomic E-state index is 12.9. The van der Waals surface area contributed by atoms with Gasteiger partial charge in [-0.25, -0.2) is 17.9 Å². The third kappa shape index (κ3) is 3.75. The summed E-state index contributed by atoms with van der Waals surface area (Å²) in [6.45, 7) is 0.310. The van der Waals surface area contributed by atoms with Gasteiger partial charge >= 0.3 is 6.09 Å². The van der Waals surface area contributed by atoms with Crippen LogP contribution in [0.15, 0.2) is 48.5 Å². The van der Waals surface area contributed by atoms with E-state index in [1.165, 1.54) is 28.5 Å². The highest BCUT2D eigenvalue weighted by atomic mass is 32.2. The molecule has 6 nitrogen and oxygen atoms in total. The van der Waals surface area contributed by atoms with Gasteiger partial charge < -0.3 is 10.1 Å². The zero-order valence-corrected chi connectivity index (χ0v) is 19.6. The van der Waals surface area contributed by atoms with Gasteiger partial charge in [0, 0.05) is 17.5 Å². The van der Waals surface area contributed by atoms with E-state index in [9.17, 15) is 13.2 Å². The van der Waals surface area contributed by atoms with Crippen LogP contribution in [0.5, 0.6) is 0 Å². The van der Waals surface area contributed by atoms with E-state index in [0.29, 0.717) is 24.4 Å². The number of rotatable bonds is 5. The average molecular weight is 467 g/mol. The number of ether oxygens (including phenoxy) is 1. The summed E-state index contributed by atoms with van der Waals surface area (Å²) in [5.41, 5.74) is 4.51. The lowest BCUT2D eigenvalue weighted by Gasteiger charge is -2.59. The molecule has 7 heteroatoms. The van der Waals surface area contributed by atoms with Crippen LogP contribution in [0.2, 0.25) is 0 Å². The second-order valence-corrected chi connectivity index (χ2v) is 12.4. The Bertz CT molecular complexity index is 1150. The van der Waals surface area contributed by atoms with Gasteiger partial charge in [-0.05, 0) is 72.1 Å². The molecule has 4 saturated carbocycles. The largest absolute Gasteiger partial charge is 0.449 e. The van der Waals surface area contributed by atoms with E-state index < -0.39 is 10.0 Å². The van der Waals surface area contributed by atoms with Crippen molar-refractivity contribution in [1.82, 2.24) is 10.0 Å². The van der Waals surface area contributed by atoms with E-state index >= 15 is 0 Å². The van der Waals surface area contributed by atoms with Gasteiger partial charge in [-0.15, -0.1) is 0 Å². The van der Waals surface area contributed by atoms with E-state index in [2.05, 4.69) is 34.3 Å². The van der Waals surface area contributed by atoms with Crippen LogP contribution in [0.1, 0.15) is 49.1 Å². The van der Waals surface area contributed by atoms with Crippen LogP contribution in [-0.4, -0.2) is 39.0 Å². The summed E-state index contributed by atoms with van der Waals surface area (Å²) in [5, 5.41) is 3.18. The van der Waals surface area contributed by atoms with Crippen molar-refractivity contribution in [3.8, 4) is 11.1 Å². The molecule has 0 spiro atoms. The van der Waals surface area contributed by atoms with Gasteiger partial charge in [0.25, 0.3) is 0 Å². The summed E-state index contributed by atoms with van der Waals surface area (Å²) in [5.74, 6) is 1.18. The van der Waals surface area contributed by atoms with E-state index in [1.807, 2.05) is 24.3 Å². The Kier molecular flexibility index (Phi) is 4.86. The Labute approximate surface area is 195 Å². The summed E-state index contributed by atoms with van der Waals surface area (Å²) in [7, 11) is -3.26. The van der Waals surface area contributed by atoms with Gasteiger partial charge in [0.2, 0.25) is 10.0 Å². The fraction of sp³-hybridized carbons (Fsp3) is 0.500. The number of carbonyl (C=O) groups excluding carboxylic acids is 1. The second kappa shape index (κ2) is 7.57.